The van der Waals surface area contributed by atoms with Crippen molar-refractivity contribution >= 4 is 21.4 Å². The standard InChI is InChI=1S/C17H15ClN4O3S/c1-11-3-6-14(7-4-11)26(23,24)10-13-5-8-15(22-21-13)25-16-9-12(2)19-17(18)20-16/h3-9H,10H2,1-2H3. The summed E-state index contributed by atoms with van der Waals surface area (Å²) in [5, 5.41) is 7.87. The van der Waals surface area contributed by atoms with E-state index >= 15 is 0 Å². The Kier molecular flexibility index (Phi) is 5.15. The van der Waals surface area contributed by atoms with Gasteiger partial charge >= 0.3 is 0 Å². The summed E-state index contributed by atoms with van der Waals surface area (Å²) in [5.74, 6) is 0.161. The van der Waals surface area contributed by atoms with Crippen LogP contribution in [0.5, 0.6) is 11.8 Å². The van der Waals surface area contributed by atoms with E-state index in [9.17, 15) is 8.42 Å². The number of benzene rings is 1. The molecule has 3 rings (SSSR count). The van der Waals surface area contributed by atoms with Crippen LogP contribution in [-0.2, 0) is 15.6 Å². The van der Waals surface area contributed by atoms with Gasteiger partial charge in [-0.25, -0.2) is 13.4 Å². The molecule has 0 spiro atoms. The summed E-state index contributed by atoms with van der Waals surface area (Å²) in [6, 6.07) is 11.3. The molecule has 7 nitrogen and oxygen atoms in total. The van der Waals surface area contributed by atoms with Crippen molar-refractivity contribution in [2.45, 2.75) is 24.5 Å². The van der Waals surface area contributed by atoms with Gasteiger partial charge in [-0.05, 0) is 43.6 Å². The Bertz CT molecular complexity index is 1000. The fourth-order valence-corrected chi connectivity index (χ4v) is 3.64. The highest BCUT2D eigenvalue weighted by Gasteiger charge is 2.16. The molecule has 0 radical (unpaired) electrons. The second-order valence-corrected chi connectivity index (χ2v) is 7.98. The Balaban J connectivity index is 1.74. The molecule has 0 fully saturated rings. The second kappa shape index (κ2) is 7.35. The Morgan fingerprint density at radius 1 is 0.962 bits per heavy atom. The van der Waals surface area contributed by atoms with Crippen molar-refractivity contribution in [3.8, 4) is 11.8 Å². The summed E-state index contributed by atoms with van der Waals surface area (Å²) < 4.78 is 30.3. The van der Waals surface area contributed by atoms with Gasteiger partial charge in [0.2, 0.25) is 17.0 Å². The van der Waals surface area contributed by atoms with Crippen LogP contribution in [0.3, 0.4) is 0 Å². The lowest BCUT2D eigenvalue weighted by Gasteiger charge is -2.06. The highest BCUT2D eigenvalue weighted by molar-refractivity contribution is 7.90. The largest absolute Gasteiger partial charge is 0.419 e. The lowest BCUT2D eigenvalue weighted by atomic mass is 10.2. The van der Waals surface area contributed by atoms with Crippen LogP contribution in [0, 0.1) is 13.8 Å². The molecule has 0 aliphatic carbocycles. The first-order valence-electron chi connectivity index (χ1n) is 7.63. The normalized spacial score (nSPS) is 11.3. The zero-order chi connectivity index (χ0) is 18.7. The number of aromatic nitrogens is 4. The van der Waals surface area contributed by atoms with Crippen LogP contribution in [-0.4, -0.2) is 28.6 Å². The number of aryl methyl sites for hydroxylation is 2. The molecule has 0 bridgehead atoms. The molecule has 0 N–H and O–H groups in total. The average Bonchev–Trinajstić information content (AvgIpc) is 2.56. The number of hydrogen-bond acceptors (Lipinski definition) is 7. The smallest absolute Gasteiger partial charge is 0.240 e. The predicted molar refractivity (Wildman–Crippen MR) is 96.0 cm³/mol. The molecule has 0 unspecified atom stereocenters. The maximum atomic E-state index is 12.4. The molecule has 0 aliphatic rings. The number of rotatable bonds is 5. The Morgan fingerprint density at radius 2 is 1.69 bits per heavy atom. The van der Waals surface area contributed by atoms with E-state index in [1.807, 2.05) is 6.92 Å². The van der Waals surface area contributed by atoms with Gasteiger partial charge in [-0.1, -0.05) is 17.7 Å². The first kappa shape index (κ1) is 18.2. The van der Waals surface area contributed by atoms with Gasteiger partial charge in [0, 0.05) is 17.8 Å². The van der Waals surface area contributed by atoms with E-state index < -0.39 is 9.84 Å². The van der Waals surface area contributed by atoms with Crippen molar-refractivity contribution in [3.63, 3.8) is 0 Å². The van der Waals surface area contributed by atoms with Crippen LogP contribution in [0.2, 0.25) is 5.28 Å². The SMILES string of the molecule is Cc1ccc(S(=O)(=O)Cc2ccc(Oc3cc(C)nc(Cl)n3)nn2)cc1. The van der Waals surface area contributed by atoms with Gasteiger partial charge in [0.05, 0.1) is 16.3 Å². The number of hydrogen-bond donors (Lipinski definition) is 0. The maximum absolute atomic E-state index is 12.4. The van der Waals surface area contributed by atoms with E-state index in [1.165, 1.54) is 6.07 Å². The molecule has 0 saturated heterocycles. The van der Waals surface area contributed by atoms with Crippen molar-refractivity contribution in [1.29, 1.82) is 0 Å². The monoisotopic (exact) mass is 390 g/mol. The lowest BCUT2D eigenvalue weighted by molar-refractivity contribution is 0.435. The lowest BCUT2D eigenvalue weighted by Crippen LogP contribution is -2.07. The minimum Gasteiger partial charge on any atom is -0.419 e. The highest BCUT2D eigenvalue weighted by atomic mass is 35.5. The van der Waals surface area contributed by atoms with Gasteiger partial charge in [-0.2, -0.15) is 10.1 Å². The molecular weight excluding hydrogens is 376 g/mol. The van der Waals surface area contributed by atoms with E-state index in [4.69, 9.17) is 16.3 Å². The van der Waals surface area contributed by atoms with Crippen molar-refractivity contribution < 1.29 is 13.2 Å². The molecule has 0 saturated carbocycles. The van der Waals surface area contributed by atoms with Crippen LogP contribution in [0.15, 0.2) is 47.4 Å². The Morgan fingerprint density at radius 3 is 2.31 bits per heavy atom. The number of ether oxygens (including phenoxy) is 1. The fourth-order valence-electron chi connectivity index (χ4n) is 2.17. The van der Waals surface area contributed by atoms with E-state index in [0.717, 1.165) is 5.56 Å². The van der Waals surface area contributed by atoms with Gasteiger partial charge < -0.3 is 4.74 Å². The average molecular weight is 391 g/mol. The first-order valence-corrected chi connectivity index (χ1v) is 9.66. The number of nitrogens with zero attached hydrogens (tertiary/aromatic N) is 4. The van der Waals surface area contributed by atoms with E-state index in [1.54, 1.807) is 43.3 Å². The van der Waals surface area contributed by atoms with Crippen molar-refractivity contribution in [2.24, 2.45) is 0 Å². The van der Waals surface area contributed by atoms with Crippen LogP contribution in [0.4, 0.5) is 0 Å². The zero-order valence-electron chi connectivity index (χ0n) is 14.0. The molecule has 0 atom stereocenters. The third-order valence-electron chi connectivity index (χ3n) is 3.43. The predicted octanol–water partition coefficient (Wildman–Crippen LogP) is 3.30. The van der Waals surface area contributed by atoms with Crippen molar-refractivity contribution in [2.75, 3.05) is 0 Å². The Hall–Kier alpha value is -2.58. The third kappa shape index (κ3) is 4.53. The molecule has 26 heavy (non-hydrogen) atoms. The maximum Gasteiger partial charge on any atom is 0.240 e. The third-order valence-corrected chi connectivity index (χ3v) is 5.26. The van der Waals surface area contributed by atoms with Gasteiger partial charge in [0.15, 0.2) is 9.84 Å². The van der Waals surface area contributed by atoms with Crippen LogP contribution in [0.1, 0.15) is 17.0 Å². The van der Waals surface area contributed by atoms with Crippen molar-refractivity contribution in [1.82, 2.24) is 20.2 Å². The summed E-state index contributed by atoms with van der Waals surface area (Å²) in [5.41, 5.74) is 1.95. The summed E-state index contributed by atoms with van der Waals surface area (Å²) >= 11 is 5.78. The zero-order valence-corrected chi connectivity index (χ0v) is 15.6. The fraction of sp³-hybridized carbons (Fsp3) is 0.176. The van der Waals surface area contributed by atoms with Crippen LogP contribution < -0.4 is 4.74 Å². The molecule has 0 aliphatic heterocycles. The molecule has 2 heterocycles. The number of halogens is 1. The topological polar surface area (TPSA) is 94.9 Å². The second-order valence-electron chi connectivity index (χ2n) is 5.65. The molecule has 2 aromatic heterocycles. The van der Waals surface area contributed by atoms with E-state index in [-0.39, 0.29) is 27.7 Å². The van der Waals surface area contributed by atoms with E-state index in [2.05, 4.69) is 20.2 Å². The minimum atomic E-state index is -3.49. The highest BCUT2D eigenvalue weighted by Crippen LogP contribution is 2.20. The van der Waals surface area contributed by atoms with Gasteiger partial charge in [0.25, 0.3) is 0 Å². The number of sulfone groups is 1. The van der Waals surface area contributed by atoms with Gasteiger partial charge in [-0.15, -0.1) is 5.10 Å². The van der Waals surface area contributed by atoms with Gasteiger partial charge in [0.1, 0.15) is 0 Å². The quantitative estimate of drug-likeness (QED) is 0.616. The first-order chi connectivity index (χ1) is 12.3. The molecule has 134 valence electrons. The molecule has 9 heteroatoms. The molecule has 0 amide bonds. The molecule has 1 aromatic carbocycles. The summed E-state index contributed by atoms with van der Waals surface area (Å²) in [4.78, 5) is 8.11. The molecule has 3 aromatic rings. The minimum absolute atomic E-state index is 0.0637. The summed E-state index contributed by atoms with van der Waals surface area (Å²) in [7, 11) is -3.49. The van der Waals surface area contributed by atoms with Crippen LogP contribution >= 0.6 is 11.6 Å². The van der Waals surface area contributed by atoms with Crippen molar-refractivity contribution in [3.05, 3.63) is 64.7 Å². The van der Waals surface area contributed by atoms with Crippen LogP contribution in [0.25, 0.3) is 0 Å². The van der Waals surface area contributed by atoms with Gasteiger partial charge in [-0.3, -0.25) is 0 Å². The summed E-state index contributed by atoms with van der Waals surface area (Å²) in [6.07, 6.45) is 0. The molecular formula is C17H15ClN4O3S. The summed E-state index contributed by atoms with van der Waals surface area (Å²) in [6.45, 7) is 3.65. The van der Waals surface area contributed by atoms with E-state index in [0.29, 0.717) is 11.4 Å². The Labute approximate surface area is 156 Å².